The highest BCUT2D eigenvalue weighted by atomic mass is 19.1. The number of pyridine rings is 1. The van der Waals surface area contributed by atoms with E-state index in [4.69, 9.17) is 4.74 Å². The molecule has 4 aromatic rings. The fourth-order valence-electron chi connectivity index (χ4n) is 2.42. The van der Waals surface area contributed by atoms with Crippen molar-refractivity contribution in [1.82, 2.24) is 15.0 Å². The summed E-state index contributed by atoms with van der Waals surface area (Å²) in [6.45, 7) is 0. The van der Waals surface area contributed by atoms with Crippen LogP contribution in [-0.4, -0.2) is 15.0 Å². The van der Waals surface area contributed by atoms with Crippen LogP contribution in [0.3, 0.4) is 0 Å². The van der Waals surface area contributed by atoms with E-state index in [1.54, 1.807) is 30.7 Å². The van der Waals surface area contributed by atoms with Crippen LogP contribution < -0.4 is 4.74 Å². The van der Waals surface area contributed by atoms with Crippen LogP contribution in [0.1, 0.15) is 0 Å². The number of halogens is 1. The smallest absolute Gasteiger partial charge is 0.321 e. The van der Waals surface area contributed by atoms with Crippen molar-refractivity contribution < 1.29 is 9.13 Å². The molecule has 2 aromatic heterocycles. The van der Waals surface area contributed by atoms with Crippen molar-refractivity contribution in [3.8, 4) is 22.9 Å². The van der Waals surface area contributed by atoms with Crippen LogP contribution in [0.4, 0.5) is 4.39 Å². The second kappa shape index (κ2) is 6.04. The lowest BCUT2D eigenvalue weighted by molar-refractivity contribution is 0.446. The van der Waals surface area contributed by atoms with Gasteiger partial charge in [0.2, 0.25) is 0 Å². The highest BCUT2D eigenvalue weighted by molar-refractivity contribution is 5.84. The lowest BCUT2D eigenvalue weighted by atomic mass is 10.1. The van der Waals surface area contributed by atoms with E-state index in [0.29, 0.717) is 5.75 Å². The Morgan fingerprint density at radius 1 is 0.750 bits per heavy atom. The monoisotopic (exact) mass is 317 g/mol. The summed E-state index contributed by atoms with van der Waals surface area (Å²) in [4.78, 5) is 12.8. The maximum atomic E-state index is 13.0. The first kappa shape index (κ1) is 14.3. The fourth-order valence-corrected chi connectivity index (χ4v) is 2.42. The maximum Gasteiger partial charge on any atom is 0.321 e. The highest BCUT2D eigenvalue weighted by Crippen LogP contribution is 2.27. The average Bonchev–Trinajstić information content (AvgIpc) is 2.63. The third-order valence-corrected chi connectivity index (χ3v) is 3.60. The molecule has 116 valence electrons. The molecule has 0 amide bonds. The molecule has 0 bridgehead atoms. The van der Waals surface area contributed by atoms with E-state index in [2.05, 4.69) is 15.0 Å². The van der Waals surface area contributed by atoms with Crippen molar-refractivity contribution in [2.75, 3.05) is 0 Å². The lowest BCUT2D eigenvalue weighted by Crippen LogP contribution is -1.93. The summed E-state index contributed by atoms with van der Waals surface area (Å²) in [5.41, 5.74) is 2.39. The van der Waals surface area contributed by atoms with E-state index in [-0.39, 0.29) is 11.8 Å². The van der Waals surface area contributed by atoms with Crippen molar-refractivity contribution in [2.45, 2.75) is 0 Å². The molecular formula is C19H12FN3O. The van der Waals surface area contributed by atoms with Crippen molar-refractivity contribution >= 4 is 10.9 Å². The van der Waals surface area contributed by atoms with Crippen LogP contribution in [0.5, 0.6) is 11.8 Å². The molecule has 5 heteroatoms. The van der Waals surface area contributed by atoms with Gasteiger partial charge >= 0.3 is 6.01 Å². The predicted octanol–water partition coefficient (Wildman–Crippen LogP) is 4.62. The molecule has 0 atom stereocenters. The molecule has 4 nitrogen and oxygen atoms in total. The molecule has 0 fully saturated rings. The number of hydrogen-bond donors (Lipinski definition) is 0. The molecule has 0 aliphatic heterocycles. The summed E-state index contributed by atoms with van der Waals surface area (Å²) >= 11 is 0. The summed E-state index contributed by atoms with van der Waals surface area (Å²) < 4.78 is 18.7. The fraction of sp³-hybridized carbons (Fsp3) is 0. The van der Waals surface area contributed by atoms with Crippen LogP contribution in [0.15, 0.2) is 73.2 Å². The largest absolute Gasteiger partial charge is 0.422 e. The van der Waals surface area contributed by atoms with Crippen LogP contribution in [-0.2, 0) is 0 Å². The first-order chi connectivity index (χ1) is 11.8. The number of rotatable bonds is 3. The van der Waals surface area contributed by atoms with E-state index in [1.807, 2.05) is 30.3 Å². The van der Waals surface area contributed by atoms with Crippen molar-refractivity contribution in [2.24, 2.45) is 0 Å². The van der Waals surface area contributed by atoms with E-state index in [9.17, 15) is 4.39 Å². The van der Waals surface area contributed by atoms with Crippen LogP contribution in [0.25, 0.3) is 22.0 Å². The van der Waals surface area contributed by atoms with E-state index in [0.717, 1.165) is 22.0 Å². The van der Waals surface area contributed by atoms with Crippen LogP contribution >= 0.6 is 0 Å². The van der Waals surface area contributed by atoms with Gasteiger partial charge in [-0.3, -0.25) is 4.98 Å². The maximum absolute atomic E-state index is 13.0. The number of benzene rings is 2. The van der Waals surface area contributed by atoms with Crippen molar-refractivity contribution in [3.63, 3.8) is 0 Å². The molecule has 0 unspecified atom stereocenters. The van der Waals surface area contributed by atoms with E-state index >= 15 is 0 Å². The Kier molecular flexibility index (Phi) is 3.59. The van der Waals surface area contributed by atoms with Gasteiger partial charge in [-0.1, -0.05) is 30.3 Å². The van der Waals surface area contributed by atoms with Gasteiger partial charge in [0.05, 0.1) is 0 Å². The third-order valence-electron chi connectivity index (χ3n) is 3.60. The van der Waals surface area contributed by atoms with E-state index < -0.39 is 0 Å². The lowest BCUT2D eigenvalue weighted by Gasteiger charge is -2.07. The number of fused-ring (bicyclic) bond motifs is 1. The summed E-state index contributed by atoms with van der Waals surface area (Å²) in [5.74, 6) is 0.325. The average molecular weight is 317 g/mol. The SMILES string of the molecule is Fc1ccc(-c2cnc(Oc3cccc4cccnc34)nc2)cc1. The molecule has 0 N–H and O–H groups in total. The molecule has 0 spiro atoms. The predicted molar refractivity (Wildman–Crippen MR) is 89.2 cm³/mol. The third kappa shape index (κ3) is 2.79. The number of para-hydroxylation sites is 1. The first-order valence-electron chi connectivity index (χ1n) is 7.39. The number of nitrogens with zero attached hydrogens (tertiary/aromatic N) is 3. The van der Waals surface area contributed by atoms with Gasteiger partial charge in [0.15, 0.2) is 5.75 Å². The number of aromatic nitrogens is 3. The molecular weight excluding hydrogens is 305 g/mol. The van der Waals surface area contributed by atoms with Crippen molar-refractivity contribution in [1.29, 1.82) is 0 Å². The highest BCUT2D eigenvalue weighted by Gasteiger charge is 2.07. The summed E-state index contributed by atoms with van der Waals surface area (Å²) in [6, 6.07) is 15.9. The molecule has 0 saturated heterocycles. The minimum atomic E-state index is -0.275. The summed E-state index contributed by atoms with van der Waals surface area (Å²) in [5, 5.41) is 0.984. The molecule has 0 radical (unpaired) electrons. The second-order valence-corrected chi connectivity index (χ2v) is 5.19. The Morgan fingerprint density at radius 3 is 2.29 bits per heavy atom. The molecule has 2 heterocycles. The number of hydrogen-bond acceptors (Lipinski definition) is 4. The standard InChI is InChI=1S/C19H12FN3O/c20-16-8-6-13(7-9-16)15-11-22-19(23-12-15)24-17-5-1-3-14-4-2-10-21-18(14)17/h1-12H. The van der Waals surface area contributed by atoms with E-state index in [1.165, 1.54) is 12.1 Å². The topological polar surface area (TPSA) is 47.9 Å². The van der Waals surface area contributed by atoms with Gasteiger partial charge in [-0.05, 0) is 29.8 Å². The van der Waals surface area contributed by atoms with Crippen molar-refractivity contribution in [3.05, 3.63) is 79.0 Å². The van der Waals surface area contributed by atoms with Gasteiger partial charge in [0, 0.05) is 29.5 Å². The van der Waals surface area contributed by atoms with Crippen LogP contribution in [0.2, 0.25) is 0 Å². The Morgan fingerprint density at radius 2 is 1.50 bits per heavy atom. The zero-order valence-electron chi connectivity index (χ0n) is 12.6. The normalized spacial score (nSPS) is 10.7. The summed E-state index contributed by atoms with van der Waals surface area (Å²) in [6.07, 6.45) is 5.01. The zero-order valence-corrected chi connectivity index (χ0v) is 12.6. The van der Waals surface area contributed by atoms with Gasteiger partial charge < -0.3 is 4.74 Å². The molecule has 0 aliphatic carbocycles. The van der Waals surface area contributed by atoms with Gasteiger partial charge in [0.1, 0.15) is 11.3 Å². The minimum absolute atomic E-state index is 0.235. The quantitative estimate of drug-likeness (QED) is 0.553. The minimum Gasteiger partial charge on any atom is -0.422 e. The Hall–Kier alpha value is -3.34. The Labute approximate surface area is 137 Å². The molecule has 4 rings (SSSR count). The zero-order chi connectivity index (χ0) is 16.4. The first-order valence-corrected chi connectivity index (χ1v) is 7.39. The second-order valence-electron chi connectivity index (χ2n) is 5.19. The number of ether oxygens (including phenoxy) is 1. The Balaban J connectivity index is 1.62. The van der Waals surface area contributed by atoms with Gasteiger partial charge in [-0.2, -0.15) is 0 Å². The Bertz CT molecular complexity index is 980. The van der Waals surface area contributed by atoms with Crippen LogP contribution in [0, 0.1) is 5.82 Å². The van der Waals surface area contributed by atoms with Gasteiger partial charge in [-0.25, -0.2) is 14.4 Å². The van der Waals surface area contributed by atoms with Gasteiger partial charge in [0.25, 0.3) is 0 Å². The molecule has 2 aromatic carbocycles. The van der Waals surface area contributed by atoms with Gasteiger partial charge in [-0.15, -0.1) is 0 Å². The molecule has 24 heavy (non-hydrogen) atoms. The molecule has 0 aliphatic rings. The molecule has 0 saturated carbocycles. The summed E-state index contributed by atoms with van der Waals surface area (Å²) in [7, 11) is 0.